The maximum atomic E-state index is 6.34. The molecule has 2 fully saturated rings. The van der Waals surface area contributed by atoms with Gasteiger partial charge in [0.25, 0.3) is 0 Å². The van der Waals surface area contributed by atoms with Crippen molar-refractivity contribution in [3.8, 4) is 0 Å². The molecule has 1 aromatic heterocycles. The highest BCUT2D eigenvalue weighted by Gasteiger charge is 2.30. The van der Waals surface area contributed by atoms with Crippen molar-refractivity contribution in [2.24, 2.45) is 0 Å². The average molecular weight is 315 g/mol. The Bertz CT molecular complexity index is 613. The van der Waals surface area contributed by atoms with Gasteiger partial charge in [-0.25, -0.2) is 0 Å². The second-order valence-corrected chi connectivity index (χ2v) is 6.58. The Balaban J connectivity index is 1.58. The van der Waals surface area contributed by atoms with Gasteiger partial charge < -0.3 is 4.84 Å². The molecule has 0 N–H and O–H groups in total. The fourth-order valence-corrected chi connectivity index (χ4v) is 3.66. The van der Waals surface area contributed by atoms with Crippen LogP contribution in [0.4, 0.5) is 0 Å². The summed E-state index contributed by atoms with van der Waals surface area (Å²) in [7, 11) is 0. The SMILES string of the molecule is c1ccc2c(c1)nnn2OC(N1CCCCC1)N1CCCCC1. The van der Waals surface area contributed by atoms with Crippen LogP contribution >= 0.6 is 0 Å². The number of nitrogens with zero attached hydrogens (tertiary/aromatic N) is 5. The van der Waals surface area contributed by atoms with Crippen molar-refractivity contribution >= 4 is 11.0 Å². The number of para-hydroxylation sites is 1. The van der Waals surface area contributed by atoms with Gasteiger partial charge >= 0.3 is 0 Å². The molecule has 4 rings (SSSR count). The van der Waals surface area contributed by atoms with E-state index in [1.165, 1.54) is 38.5 Å². The van der Waals surface area contributed by atoms with Crippen LogP contribution in [0.3, 0.4) is 0 Å². The van der Waals surface area contributed by atoms with Gasteiger partial charge in [-0.15, -0.1) is 5.10 Å². The van der Waals surface area contributed by atoms with Crippen molar-refractivity contribution in [3.05, 3.63) is 24.3 Å². The molecule has 0 atom stereocenters. The number of likely N-dealkylation sites (tertiary alicyclic amines) is 2. The van der Waals surface area contributed by atoms with E-state index in [9.17, 15) is 0 Å². The highest BCUT2D eigenvalue weighted by Crippen LogP contribution is 2.19. The summed E-state index contributed by atoms with van der Waals surface area (Å²) in [5.41, 5.74) is 1.81. The standard InChI is InChI=1S/C17H25N5O/c1-5-11-20(12-6-1)17(21-13-7-2-8-14-21)23-22-16-10-4-3-9-15(16)18-19-22/h3-4,9-10,17H,1-2,5-8,11-14H2. The summed E-state index contributed by atoms with van der Waals surface area (Å²) in [6, 6.07) is 7.97. The zero-order chi connectivity index (χ0) is 15.5. The van der Waals surface area contributed by atoms with Gasteiger partial charge in [0.2, 0.25) is 6.35 Å². The summed E-state index contributed by atoms with van der Waals surface area (Å²) in [5, 5.41) is 8.43. The molecule has 1 aromatic carbocycles. The third kappa shape index (κ3) is 3.19. The summed E-state index contributed by atoms with van der Waals surface area (Å²) in [6.07, 6.45) is 7.65. The van der Waals surface area contributed by atoms with Crippen LogP contribution in [0.2, 0.25) is 0 Å². The molecule has 3 heterocycles. The third-order valence-electron chi connectivity index (χ3n) is 4.92. The number of fused-ring (bicyclic) bond motifs is 1. The number of aromatic nitrogens is 3. The zero-order valence-corrected chi connectivity index (χ0v) is 13.6. The molecule has 23 heavy (non-hydrogen) atoms. The normalized spacial score (nSPS) is 21.1. The topological polar surface area (TPSA) is 46.4 Å². The van der Waals surface area contributed by atoms with Crippen molar-refractivity contribution < 1.29 is 4.84 Å². The summed E-state index contributed by atoms with van der Waals surface area (Å²) in [6.45, 7) is 4.42. The lowest BCUT2D eigenvalue weighted by atomic mass is 10.1. The van der Waals surface area contributed by atoms with Crippen molar-refractivity contribution in [1.29, 1.82) is 0 Å². The van der Waals surface area contributed by atoms with Crippen LogP contribution in [0.5, 0.6) is 0 Å². The molecular weight excluding hydrogens is 290 g/mol. The molecule has 6 nitrogen and oxygen atoms in total. The summed E-state index contributed by atoms with van der Waals surface area (Å²) in [4.78, 5) is 12.9. The molecule has 0 spiro atoms. The lowest BCUT2D eigenvalue weighted by molar-refractivity contribution is -0.171. The lowest BCUT2D eigenvalue weighted by Crippen LogP contribution is -2.56. The van der Waals surface area contributed by atoms with Gasteiger partial charge in [0.15, 0.2) is 0 Å². The van der Waals surface area contributed by atoms with Gasteiger partial charge in [0.05, 0.1) is 0 Å². The molecular formula is C17H25N5O. The smallest absolute Gasteiger partial charge is 0.238 e. The summed E-state index contributed by atoms with van der Waals surface area (Å²) < 4.78 is 0. The Morgan fingerprint density at radius 2 is 1.43 bits per heavy atom. The second-order valence-electron chi connectivity index (χ2n) is 6.58. The Labute approximate surface area is 136 Å². The van der Waals surface area contributed by atoms with Crippen LogP contribution in [-0.2, 0) is 0 Å². The maximum Gasteiger partial charge on any atom is 0.238 e. The van der Waals surface area contributed by atoms with Crippen molar-refractivity contribution in [2.75, 3.05) is 26.2 Å². The molecule has 0 radical (unpaired) electrons. The van der Waals surface area contributed by atoms with Crippen molar-refractivity contribution in [1.82, 2.24) is 25.0 Å². The fraction of sp³-hybridized carbons (Fsp3) is 0.647. The zero-order valence-electron chi connectivity index (χ0n) is 13.6. The van der Waals surface area contributed by atoms with E-state index < -0.39 is 0 Å². The van der Waals surface area contributed by atoms with Gasteiger partial charge in [-0.05, 0) is 43.0 Å². The quantitative estimate of drug-likeness (QED) is 0.865. The monoisotopic (exact) mass is 315 g/mol. The van der Waals surface area contributed by atoms with Gasteiger partial charge in [-0.2, -0.15) is 0 Å². The van der Waals surface area contributed by atoms with Crippen molar-refractivity contribution in [3.63, 3.8) is 0 Å². The molecule has 0 bridgehead atoms. The number of benzene rings is 1. The van der Waals surface area contributed by atoms with Gasteiger partial charge in [0, 0.05) is 26.2 Å². The Morgan fingerprint density at radius 1 is 0.826 bits per heavy atom. The largest absolute Gasteiger partial charge is 0.359 e. The number of piperidine rings is 2. The minimum atomic E-state index is -0.0271. The first kappa shape index (κ1) is 14.9. The Hall–Kier alpha value is -1.66. The number of hydrogen-bond donors (Lipinski definition) is 0. The van der Waals surface area contributed by atoms with E-state index >= 15 is 0 Å². The van der Waals surface area contributed by atoms with E-state index in [-0.39, 0.29) is 6.35 Å². The Morgan fingerprint density at radius 3 is 2.09 bits per heavy atom. The number of hydrogen-bond acceptors (Lipinski definition) is 5. The highest BCUT2D eigenvalue weighted by atomic mass is 16.7. The van der Waals surface area contributed by atoms with E-state index in [0.29, 0.717) is 0 Å². The summed E-state index contributed by atoms with van der Waals surface area (Å²) >= 11 is 0. The van der Waals surface area contributed by atoms with Crippen LogP contribution in [0.1, 0.15) is 38.5 Å². The van der Waals surface area contributed by atoms with Crippen LogP contribution in [0, 0.1) is 0 Å². The molecule has 0 amide bonds. The third-order valence-corrected chi connectivity index (χ3v) is 4.92. The first-order chi connectivity index (χ1) is 11.4. The Kier molecular flexibility index (Phi) is 4.43. The van der Waals surface area contributed by atoms with Crippen LogP contribution in [0.15, 0.2) is 24.3 Å². The van der Waals surface area contributed by atoms with Crippen LogP contribution < -0.4 is 4.84 Å². The van der Waals surface area contributed by atoms with E-state index in [1.54, 1.807) is 4.85 Å². The van der Waals surface area contributed by atoms with Gasteiger partial charge in [-0.3, -0.25) is 9.80 Å². The van der Waals surface area contributed by atoms with Gasteiger partial charge in [-0.1, -0.05) is 29.8 Å². The van der Waals surface area contributed by atoms with Crippen molar-refractivity contribution in [2.45, 2.75) is 44.9 Å². The molecule has 124 valence electrons. The van der Waals surface area contributed by atoms with Crippen LogP contribution in [0.25, 0.3) is 11.0 Å². The van der Waals surface area contributed by atoms with Gasteiger partial charge in [0.1, 0.15) is 11.0 Å². The lowest BCUT2D eigenvalue weighted by Gasteiger charge is -2.41. The predicted molar refractivity (Wildman–Crippen MR) is 88.7 cm³/mol. The average Bonchev–Trinajstić information content (AvgIpc) is 3.04. The molecule has 2 aliphatic heterocycles. The molecule has 0 saturated carbocycles. The minimum absolute atomic E-state index is 0.0271. The second kappa shape index (κ2) is 6.84. The highest BCUT2D eigenvalue weighted by molar-refractivity contribution is 5.73. The molecule has 2 aromatic rings. The molecule has 0 aliphatic carbocycles. The van der Waals surface area contributed by atoms with E-state index in [4.69, 9.17) is 4.84 Å². The van der Waals surface area contributed by atoms with Crippen LogP contribution in [-0.4, -0.2) is 57.5 Å². The minimum Gasteiger partial charge on any atom is -0.359 e. The van der Waals surface area contributed by atoms with E-state index in [2.05, 4.69) is 20.1 Å². The first-order valence-electron chi connectivity index (χ1n) is 8.87. The fourth-order valence-electron chi connectivity index (χ4n) is 3.66. The predicted octanol–water partition coefficient (Wildman–Crippen LogP) is 2.12. The van der Waals surface area contributed by atoms with E-state index in [0.717, 1.165) is 37.2 Å². The summed E-state index contributed by atoms with van der Waals surface area (Å²) in [5.74, 6) is 0. The number of rotatable bonds is 4. The molecule has 2 saturated heterocycles. The molecule has 6 heteroatoms. The first-order valence-corrected chi connectivity index (χ1v) is 8.87. The maximum absolute atomic E-state index is 6.34. The molecule has 0 unspecified atom stereocenters. The van der Waals surface area contributed by atoms with E-state index in [1.807, 2.05) is 24.3 Å². The molecule has 2 aliphatic rings.